The summed E-state index contributed by atoms with van der Waals surface area (Å²) in [5, 5.41) is 10.0. The van der Waals surface area contributed by atoms with Crippen molar-refractivity contribution in [2.24, 2.45) is 7.05 Å². The molecule has 0 aliphatic heterocycles. The van der Waals surface area contributed by atoms with Crippen molar-refractivity contribution in [1.82, 2.24) is 20.4 Å². The van der Waals surface area contributed by atoms with E-state index in [0.29, 0.717) is 13.1 Å². The van der Waals surface area contributed by atoms with Crippen LogP contribution in [0.15, 0.2) is 4.47 Å². The zero-order chi connectivity index (χ0) is 12.1. The van der Waals surface area contributed by atoms with Gasteiger partial charge in [0.25, 0.3) is 0 Å². The number of carbonyl (C=O) groups is 1. The quantitative estimate of drug-likeness (QED) is 0.833. The summed E-state index contributed by atoms with van der Waals surface area (Å²) in [6.45, 7) is 3.00. The molecule has 1 heterocycles. The van der Waals surface area contributed by atoms with E-state index >= 15 is 0 Å². The molecule has 6 heteroatoms. The Balaban J connectivity index is 2.60. The largest absolute Gasteiger partial charge is 0.358 e. The summed E-state index contributed by atoms with van der Waals surface area (Å²) in [4.78, 5) is 11.0. The minimum absolute atomic E-state index is 0.0194. The molecular formula is C10H17BrN4O. The average Bonchev–Trinajstić information content (AvgIpc) is 2.55. The number of hydrogen-bond donors (Lipinski definition) is 2. The molecule has 0 atom stereocenters. The lowest BCUT2D eigenvalue weighted by Crippen LogP contribution is -2.31. The lowest BCUT2D eigenvalue weighted by atomic mass is 10.3. The maximum absolute atomic E-state index is 11.0. The maximum atomic E-state index is 11.0. The van der Waals surface area contributed by atoms with E-state index in [-0.39, 0.29) is 5.91 Å². The number of aromatic nitrogens is 2. The number of rotatable bonds is 5. The summed E-state index contributed by atoms with van der Waals surface area (Å²) in [5.74, 6) is -0.0194. The molecule has 5 nitrogen and oxygen atoms in total. The highest BCUT2D eigenvalue weighted by atomic mass is 79.9. The number of halogens is 1. The number of amides is 1. The highest BCUT2D eigenvalue weighted by molar-refractivity contribution is 9.10. The molecule has 1 aromatic rings. The average molecular weight is 289 g/mol. The van der Waals surface area contributed by atoms with Crippen molar-refractivity contribution in [1.29, 1.82) is 0 Å². The van der Waals surface area contributed by atoms with Crippen LogP contribution in [0.1, 0.15) is 18.3 Å². The predicted octanol–water partition coefficient (Wildman–Crippen LogP) is 0.581. The van der Waals surface area contributed by atoms with E-state index in [1.165, 1.54) is 0 Å². The van der Waals surface area contributed by atoms with Gasteiger partial charge >= 0.3 is 0 Å². The number of hydrogen-bond acceptors (Lipinski definition) is 3. The smallest absolute Gasteiger partial charge is 0.233 e. The lowest BCUT2D eigenvalue weighted by Gasteiger charge is -2.04. The van der Waals surface area contributed by atoms with Crippen LogP contribution in [0.25, 0.3) is 0 Å². The molecule has 90 valence electrons. The van der Waals surface area contributed by atoms with Crippen LogP contribution in [0.5, 0.6) is 0 Å². The summed E-state index contributed by atoms with van der Waals surface area (Å²) in [6, 6.07) is 0. The minimum Gasteiger partial charge on any atom is -0.358 e. The minimum atomic E-state index is -0.0194. The summed E-state index contributed by atoms with van der Waals surface area (Å²) >= 11 is 3.52. The van der Waals surface area contributed by atoms with Gasteiger partial charge in [0.2, 0.25) is 5.91 Å². The van der Waals surface area contributed by atoms with Gasteiger partial charge in [-0.15, -0.1) is 0 Å². The molecular weight excluding hydrogens is 272 g/mol. The first-order valence-electron chi connectivity index (χ1n) is 5.21. The monoisotopic (exact) mass is 288 g/mol. The van der Waals surface area contributed by atoms with Gasteiger partial charge in [-0.05, 0) is 22.4 Å². The molecule has 0 saturated heterocycles. The van der Waals surface area contributed by atoms with Crippen molar-refractivity contribution in [3.63, 3.8) is 0 Å². The van der Waals surface area contributed by atoms with Gasteiger partial charge in [-0.1, -0.05) is 6.92 Å². The van der Waals surface area contributed by atoms with Gasteiger partial charge in [0.1, 0.15) is 0 Å². The van der Waals surface area contributed by atoms with E-state index < -0.39 is 0 Å². The van der Waals surface area contributed by atoms with Gasteiger partial charge in [0, 0.05) is 20.6 Å². The van der Waals surface area contributed by atoms with Gasteiger partial charge in [-0.2, -0.15) is 5.10 Å². The third kappa shape index (κ3) is 3.05. The second kappa shape index (κ2) is 6.00. The maximum Gasteiger partial charge on any atom is 0.233 e. The van der Waals surface area contributed by atoms with Crippen LogP contribution in [-0.4, -0.2) is 29.3 Å². The molecule has 0 radical (unpaired) electrons. The van der Waals surface area contributed by atoms with Gasteiger partial charge in [0.05, 0.1) is 22.4 Å². The van der Waals surface area contributed by atoms with Crippen LogP contribution < -0.4 is 10.6 Å². The normalized spacial score (nSPS) is 10.5. The Bertz CT molecular complexity index is 375. The molecule has 1 aromatic heterocycles. The fourth-order valence-electron chi connectivity index (χ4n) is 1.39. The van der Waals surface area contributed by atoms with Gasteiger partial charge in [0.15, 0.2) is 0 Å². The Morgan fingerprint density at radius 1 is 1.56 bits per heavy atom. The molecule has 0 bridgehead atoms. The summed E-state index contributed by atoms with van der Waals surface area (Å²) in [5.41, 5.74) is 2.10. The molecule has 0 aliphatic carbocycles. The summed E-state index contributed by atoms with van der Waals surface area (Å²) in [7, 11) is 3.53. The summed E-state index contributed by atoms with van der Waals surface area (Å²) in [6.07, 6.45) is 0.893. The first-order chi connectivity index (χ1) is 7.60. The number of aryl methyl sites for hydroxylation is 2. The topological polar surface area (TPSA) is 59.0 Å². The SMILES string of the molecule is CCc1nn(C)c(CNCC(=O)NC)c1Br. The Morgan fingerprint density at radius 3 is 2.75 bits per heavy atom. The van der Waals surface area contributed by atoms with Crippen LogP contribution in [0.2, 0.25) is 0 Å². The van der Waals surface area contributed by atoms with Gasteiger partial charge in [-0.25, -0.2) is 0 Å². The van der Waals surface area contributed by atoms with Crippen LogP contribution >= 0.6 is 15.9 Å². The van der Waals surface area contributed by atoms with E-state index in [0.717, 1.165) is 22.3 Å². The third-order valence-electron chi connectivity index (χ3n) is 2.36. The van der Waals surface area contributed by atoms with E-state index in [1.807, 2.05) is 11.7 Å². The van der Waals surface area contributed by atoms with Crippen molar-refractivity contribution in [3.05, 3.63) is 15.9 Å². The van der Waals surface area contributed by atoms with Crippen LogP contribution in [-0.2, 0) is 24.8 Å². The van der Waals surface area contributed by atoms with Crippen molar-refractivity contribution in [3.8, 4) is 0 Å². The fraction of sp³-hybridized carbons (Fsp3) is 0.600. The molecule has 2 N–H and O–H groups in total. The molecule has 0 aromatic carbocycles. The Morgan fingerprint density at radius 2 is 2.25 bits per heavy atom. The molecule has 1 amide bonds. The summed E-state index contributed by atoms with van der Waals surface area (Å²) < 4.78 is 2.86. The zero-order valence-electron chi connectivity index (χ0n) is 9.80. The van der Waals surface area contributed by atoms with Crippen molar-refractivity contribution >= 4 is 21.8 Å². The molecule has 16 heavy (non-hydrogen) atoms. The Hall–Kier alpha value is -0.880. The molecule has 0 fully saturated rings. The predicted molar refractivity (Wildman–Crippen MR) is 66.1 cm³/mol. The van der Waals surface area contributed by atoms with Crippen LogP contribution in [0.3, 0.4) is 0 Å². The first-order valence-corrected chi connectivity index (χ1v) is 6.01. The first kappa shape index (κ1) is 13.2. The number of nitrogens with zero attached hydrogens (tertiary/aromatic N) is 2. The molecule has 1 rings (SSSR count). The van der Waals surface area contributed by atoms with E-state index in [1.54, 1.807) is 7.05 Å². The zero-order valence-corrected chi connectivity index (χ0v) is 11.4. The van der Waals surface area contributed by atoms with Crippen molar-refractivity contribution in [2.45, 2.75) is 19.9 Å². The Kier molecular flexibility index (Phi) is 4.95. The molecule has 0 unspecified atom stereocenters. The van der Waals surface area contributed by atoms with Crippen LogP contribution in [0, 0.1) is 0 Å². The molecule has 0 aliphatic rings. The molecule has 0 spiro atoms. The Labute approximate surface area is 104 Å². The molecule has 0 saturated carbocycles. The van der Waals surface area contributed by atoms with E-state index in [2.05, 4.69) is 38.6 Å². The van der Waals surface area contributed by atoms with E-state index in [9.17, 15) is 4.79 Å². The van der Waals surface area contributed by atoms with Crippen LogP contribution in [0.4, 0.5) is 0 Å². The highest BCUT2D eigenvalue weighted by Gasteiger charge is 2.11. The highest BCUT2D eigenvalue weighted by Crippen LogP contribution is 2.21. The van der Waals surface area contributed by atoms with E-state index in [4.69, 9.17) is 0 Å². The third-order valence-corrected chi connectivity index (χ3v) is 3.28. The van der Waals surface area contributed by atoms with Crippen molar-refractivity contribution < 1.29 is 4.79 Å². The van der Waals surface area contributed by atoms with Crippen molar-refractivity contribution in [2.75, 3.05) is 13.6 Å². The van der Waals surface area contributed by atoms with Gasteiger partial charge in [-0.3, -0.25) is 9.48 Å². The fourth-order valence-corrected chi connectivity index (χ4v) is 2.15. The number of nitrogens with one attached hydrogen (secondary N) is 2. The standard InChI is InChI=1S/C10H17BrN4O/c1-4-7-10(11)8(15(3)14-7)5-13-6-9(16)12-2/h13H,4-6H2,1-3H3,(H,12,16). The van der Waals surface area contributed by atoms with Gasteiger partial charge < -0.3 is 10.6 Å². The lowest BCUT2D eigenvalue weighted by molar-refractivity contribution is -0.119. The number of carbonyl (C=O) groups excluding carboxylic acids is 1. The number of likely N-dealkylation sites (N-methyl/N-ethyl adjacent to an activating group) is 1. The second-order valence-corrected chi connectivity index (χ2v) is 4.25. The second-order valence-electron chi connectivity index (χ2n) is 3.46.